The first-order chi connectivity index (χ1) is 9.66. The van der Waals surface area contributed by atoms with E-state index >= 15 is 0 Å². The summed E-state index contributed by atoms with van der Waals surface area (Å²) in [6.07, 6.45) is 0.835. The molecular formula is C15H26N2O2S2. The minimum atomic E-state index is -1.25. The van der Waals surface area contributed by atoms with Crippen LogP contribution in [0.25, 0.3) is 0 Å². The predicted molar refractivity (Wildman–Crippen MR) is 90.0 cm³/mol. The van der Waals surface area contributed by atoms with Gasteiger partial charge in [-0.1, -0.05) is 20.8 Å². The normalized spacial score (nSPS) is 15.0. The van der Waals surface area contributed by atoms with Crippen molar-refractivity contribution < 1.29 is 9.00 Å². The Balaban J connectivity index is 2.63. The highest BCUT2D eigenvalue weighted by Gasteiger charge is 2.26. The molecule has 1 amide bonds. The van der Waals surface area contributed by atoms with Crippen LogP contribution in [-0.2, 0) is 21.3 Å². The maximum atomic E-state index is 12.3. The number of aromatic nitrogens is 1. The zero-order chi connectivity index (χ0) is 16.2. The van der Waals surface area contributed by atoms with Gasteiger partial charge in [0, 0.05) is 27.6 Å². The summed E-state index contributed by atoms with van der Waals surface area (Å²) in [6.45, 7) is 11.8. The van der Waals surface area contributed by atoms with Crippen molar-refractivity contribution in [3.05, 3.63) is 16.1 Å². The third kappa shape index (κ3) is 5.51. The first-order valence-electron chi connectivity index (χ1n) is 7.29. The zero-order valence-electron chi connectivity index (χ0n) is 13.7. The molecule has 0 unspecified atom stereocenters. The van der Waals surface area contributed by atoms with Gasteiger partial charge in [0.05, 0.1) is 16.5 Å². The molecule has 2 atom stereocenters. The van der Waals surface area contributed by atoms with Crippen molar-refractivity contribution in [3.8, 4) is 0 Å². The molecule has 6 heteroatoms. The van der Waals surface area contributed by atoms with E-state index in [9.17, 15) is 9.00 Å². The Hall–Kier alpha value is -0.750. The van der Waals surface area contributed by atoms with Crippen molar-refractivity contribution >= 4 is 28.0 Å². The van der Waals surface area contributed by atoms with Gasteiger partial charge < -0.3 is 5.32 Å². The Morgan fingerprint density at radius 1 is 1.43 bits per heavy atom. The van der Waals surface area contributed by atoms with Crippen LogP contribution in [0.1, 0.15) is 64.6 Å². The Bertz CT molecular complexity index is 510. The van der Waals surface area contributed by atoms with Gasteiger partial charge in [0.1, 0.15) is 5.25 Å². The van der Waals surface area contributed by atoms with Crippen molar-refractivity contribution in [1.82, 2.24) is 10.3 Å². The molecule has 0 bridgehead atoms. The Morgan fingerprint density at radius 3 is 2.52 bits per heavy atom. The van der Waals surface area contributed by atoms with Crippen molar-refractivity contribution in [2.75, 3.05) is 0 Å². The van der Waals surface area contributed by atoms with E-state index in [2.05, 4.69) is 24.1 Å². The molecule has 1 aromatic rings. The van der Waals surface area contributed by atoms with Crippen molar-refractivity contribution in [1.29, 1.82) is 0 Å². The molecule has 0 radical (unpaired) electrons. The maximum Gasteiger partial charge on any atom is 0.235 e. The third-order valence-electron chi connectivity index (χ3n) is 3.46. The number of hydrogen-bond acceptors (Lipinski definition) is 4. The molecule has 0 aliphatic heterocycles. The summed E-state index contributed by atoms with van der Waals surface area (Å²) in [5, 5.41) is 5.40. The molecule has 21 heavy (non-hydrogen) atoms. The largest absolute Gasteiger partial charge is 0.350 e. The lowest BCUT2D eigenvalue weighted by atomic mass is 10.0. The molecule has 0 aromatic carbocycles. The molecule has 1 aromatic heterocycles. The lowest BCUT2D eigenvalue weighted by Gasteiger charge is -2.26. The monoisotopic (exact) mass is 330 g/mol. The van der Waals surface area contributed by atoms with Gasteiger partial charge in [-0.15, -0.1) is 11.3 Å². The summed E-state index contributed by atoms with van der Waals surface area (Å²) >= 11 is 1.59. The molecule has 120 valence electrons. The highest BCUT2D eigenvalue weighted by atomic mass is 32.2. The summed E-state index contributed by atoms with van der Waals surface area (Å²) in [6, 6.07) is 0. The molecule has 0 aliphatic carbocycles. The van der Waals surface area contributed by atoms with Crippen LogP contribution in [0.15, 0.2) is 5.38 Å². The van der Waals surface area contributed by atoms with Crippen LogP contribution < -0.4 is 5.32 Å². The molecule has 0 saturated carbocycles. The number of amides is 1. The number of nitrogens with one attached hydrogen (secondary N) is 1. The van der Waals surface area contributed by atoms with Crippen LogP contribution in [0.4, 0.5) is 0 Å². The Morgan fingerprint density at radius 2 is 2.05 bits per heavy atom. The summed E-state index contributed by atoms with van der Waals surface area (Å²) in [5.74, 6) is 0.562. The van der Waals surface area contributed by atoms with Gasteiger partial charge in [-0.2, -0.15) is 0 Å². The van der Waals surface area contributed by atoms with Crippen molar-refractivity contribution in [3.63, 3.8) is 0 Å². The van der Waals surface area contributed by atoms with Crippen molar-refractivity contribution in [2.45, 2.75) is 70.4 Å². The summed E-state index contributed by atoms with van der Waals surface area (Å²) < 4.78 is 12.3. The fourth-order valence-electron chi connectivity index (χ4n) is 1.57. The topological polar surface area (TPSA) is 59.1 Å². The third-order valence-corrected chi connectivity index (χ3v) is 6.24. The minimum absolute atomic E-state index is 0.153. The quantitative estimate of drug-likeness (QED) is 0.835. The van der Waals surface area contributed by atoms with E-state index in [1.165, 1.54) is 0 Å². The molecule has 1 rings (SSSR count). The fourth-order valence-corrected chi connectivity index (χ4v) is 3.50. The van der Waals surface area contributed by atoms with E-state index in [-0.39, 0.29) is 11.4 Å². The zero-order valence-corrected chi connectivity index (χ0v) is 15.4. The molecular weight excluding hydrogens is 304 g/mol. The van der Waals surface area contributed by atoms with E-state index in [1.807, 2.05) is 26.2 Å². The number of thiazole rings is 1. The van der Waals surface area contributed by atoms with Gasteiger partial charge in [0.25, 0.3) is 0 Å². The highest BCUT2D eigenvalue weighted by molar-refractivity contribution is 7.85. The van der Waals surface area contributed by atoms with Gasteiger partial charge in [0.15, 0.2) is 0 Å². The second kappa shape index (κ2) is 7.49. The van der Waals surface area contributed by atoms with E-state index < -0.39 is 16.0 Å². The lowest BCUT2D eigenvalue weighted by molar-refractivity contribution is -0.121. The number of nitrogens with zero attached hydrogens (tertiary/aromatic N) is 1. The molecule has 0 fully saturated rings. The molecule has 1 N–H and O–H groups in total. The first kappa shape index (κ1) is 18.3. The second-order valence-electron chi connectivity index (χ2n) is 6.23. The van der Waals surface area contributed by atoms with Gasteiger partial charge in [0.2, 0.25) is 5.91 Å². The average Bonchev–Trinajstić information content (AvgIpc) is 2.86. The smallest absolute Gasteiger partial charge is 0.235 e. The van der Waals surface area contributed by atoms with Gasteiger partial charge in [-0.25, -0.2) is 4.98 Å². The average molecular weight is 331 g/mol. The highest BCUT2D eigenvalue weighted by Crippen LogP contribution is 2.20. The lowest BCUT2D eigenvalue weighted by Crippen LogP contribution is -2.47. The second-order valence-corrected chi connectivity index (χ2v) is 8.87. The number of rotatable bonds is 7. The SMILES string of the molecule is CCC(C)(C)NC(=O)[C@@H](C)[S@@](=O)Cc1csc(C(C)C)n1. The van der Waals surface area contributed by atoms with Crippen LogP contribution in [0.3, 0.4) is 0 Å². The first-order valence-corrected chi connectivity index (χ1v) is 9.56. The van der Waals surface area contributed by atoms with Gasteiger partial charge >= 0.3 is 0 Å². The van der Waals surface area contributed by atoms with E-state index in [0.29, 0.717) is 11.7 Å². The summed E-state index contributed by atoms with van der Waals surface area (Å²) in [7, 11) is -1.25. The molecule has 0 saturated heterocycles. The standard InChI is InChI=1S/C15H26N2O2S2/c1-7-15(5,6)17-13(18)11(4)21(19)9-12-8-20-14(16-12)10(2)3/h8,10-11H,7,9H2,1-6H3,(H,17,18)/t11-,21+/m1/s1. The number of hydrogen-bond donors (Lipinski definition) is 1. The Kier molecular flexibility index (Phi) is 6.53. The minimum Gasteiger partial charge on any atom is -0.350 e. The van der Waals surface area contributed by atoms with Crippen LogP contribution in [-0.4, -0.2) is 25.9 Å². The van der Waals surface area contributed by atoms with Gasteiger partial charge in [-0.05, 0) is 27.2 Å². The van der Waals surface area contributed by atoms with Gasteiger partial charge in [-0.3, -0.25) is 9.00 Å². The van der Waals surface area contributed by atoms with Crippen LogP contribution in [0.5, 0.6) is 0 Å². The molecule has 4 nitrogen and oxygen atoms in total. The predicted octanol–water partition coefficient (Wildman–Crippen LogP) is 3.21. The molecule has 0 spiro atoms. The van der Waals surface area contributed by atoms with Crippen molar-refractivity contribution in [2.24, 2.45) is 0 Å². The molecule has 1 heterocycles. The van der Waals surface area contributed by atoms with E-state index in [1.54, 1.807) is 18.3 Å². The maximum absolute atomic E-state index is 12.3. The number of carbonyl (C=O) groups is 1. The molecule has 0 aliphatic rings. The summed E-state index contributed by atoms with van der Waals surface area (Å²) in [5.41, 5.74) is 0.553. The van der Waals surface area contributed by atoms with Crippen LogP contribution in [0, 0.1) is 0 Å². The van der Waals surface area contributed by atoms with E-state index in [4.69, 9.17) is 0 Å². The summed E-state index contributed by atoms with van der Waals surface area (Å²) in [4.78, 5) is 16.6. The van der Waals surface area contributed by atoms with Crippen LogP contribution >= 0.6 is 11.3 Å². The van der Waals surface area contributed by atoms with Crippen LogP contribution in [0.2, 0.25) is 0 Å². The van der Waals surface area contributed by atoms with E-state index in [0.717, 1.165) is 17.1 Å². The number of carbonyl (C=O) groups excluding carboxylic acids is 1. The Labute approximate surface area is 134 Å². The fraction of sp³-hybridized carbons (Fsp3) is 0.733.